The van der Waals surface area contributed by atoms with Crippen molar-refractivity contribution >= 4 is 10.0 Å². The number of rotatable bonds is 6. The number of aliphatic hydroxyl groups is 1. The van der Waals surface area contributed by atoms with Gasteiger partial charge in [-0.25, -0.2) is 8.42 Å². The Labute approximate surface area is 139 Å². The summed E-state index contributed by atoms with van der Waals surface area (Å²) in [5.74, 6) is 0.467. The summed E-state index contributed by atoms with van der Waals surface area (Å²) in [7, 11) is -3.40. The van der Waals surface area contributed by atoms with Crippen molar-refractivity contribution < 1.29 is 13.5 Å². The van der Waals surface area contributed by atoms with Crippen molar-refractivity contribution in [3.05, 3.63) is 29.8 Å². The molecule has 2 aliphatic rings. The van der Waals surface area contributed by atoms with E-state index in [9.17, 15) is 13.5 Å². The number of hydrogen-bond donors (Lipinski definition) is 1. The Hall–Kier alpha value is -0.950. The second kappa shape index (κ2) is 6.89. The van der Waals surface area contributed by atoms with E-state index in [1.807, 2.05) is 12.1 Å². The molecule has 6 heteroatoms. The lowest BCUT2D eigenvalue weighted by Gasteiger charge is -2.35. The van der Waals surface area contributed by atoms with Crippen LogP contribution in [0.1, 0.15) is 25.3 Å². The SMILES string of the molecule is CCc1ccc(S(=O)(=O)N2CCN(C[C@@H](O)C3CC3)CC2)cc1. The molecule has 1 heterocycles. The third-order valence-electron chi connectivity index (χ3n) is 4.91. The van der Waals surface area contributed by atoms with Gasteiger partial charge in [0.15, 0.2) is 0 Å². The molecule has 1 saturated carbocycles. The molecule has 5 nitrogen and oxygen atoms in total. The highest BCUT2D eigenvalue weighted by atomic mass is 32.2. The van der Waals surface area contributed by atoms with Crippen molar-refractivity contribution in [2.24, 2.45) is 5.92 Å². The van der Waals surface area contributed by atoms with Crippen LogP contribution in [0.15, 0.2) is 29.2 Å². The molecule has 1 aromatic rings. The third kappa shape index (κ3) is 3.94. The molecular formula is C17H26N2O3S. The van der Waals surface area contributed by atoms with Crippen molar-refractivity contribution in [1.29, 1.82) is 0 Å². The van der Waals surface area contributed by atoms with Crippen molar-refractivity contribution in [3.8, 4) is 0 Å². The average molecular weight is 338 g/mol. The van der Waals surface area contributed by atoms with Crippen LogP contribution in [-0.4, -0.2) is 61.6 Å². The van der Waals surface area contributed by atoms with Crippen molar-refractivity contribution in [2.45, 2.75) is 37.2 Å². The van der Waals surface area contributed by atoms with Crippen LogP contribution in [0, 0.1) is 5.92 Å². The molecule has 23 heavy (non-hydrogen) atoms. The van der Waals surface area contributed by atoms with Crippen LogP contribution in [0.3, 0.4) is 0 Å². The standard InChI is InChI=1S/C17H26N2O3S/c1-2-14-3-7-16(8-4-14)23(21,22)19-11-9-18(10-12-19)13-17(20)15-5-6-15/h3-4,7-8,15,17,20H,2,5-6,9-13H2,1H3/t17-/m1/s1. The van der Waals surface area contributed by atoms with Crippen molar-refractivity contribution in [3.63, 3.8) is 0 Å². The number of piperazine rings is 1. The Balaban J connectivity index is 1.58. The van der Waals surface area contributed by atoms with Crippen LogP contribution < -0.4 is 0 Å². The molecular weight excluding hydrogens is 312 g/mol. The predicted molar refractivity (Wildman–Crippen MR) is 89.7 cm³/mol. The van der Waals surface area contributed by atoms with E-state index < -0.39 is 10.0 Å². The molecule has 128 valence electrons. The van der Waals surface area contributed by atoms with E-state index in [2.05, 4.69) is 11.8 Å². The van der Waals surface area contributed by atoms with Gasteiger partial charge >= 0.3 is 0 Å². The van der Waals surface area contributed by atoms with Gasteiger partial charge in [-0.1, -0.05) is 19.1 Å². The highest BCUT2D eigenvalue weighted by molar-refractivity contribution is 7.89. The van der Waals surface area contributed by atoms with Gasteiger partial charge in [0.1, 0.15) is 0 Å². The molecule has 1 aromatic carbocycles. The maximum absolute atomic E-state index is 12.7. The number of sulfonamides is 1. The Bertz CT molecular complexity index is 618. The van der Waals surface area contributed by atoms with E-state index in [4.69, 9.17) is 0 Å². The molecule has 0 aromatic heterocycles. The average Bonchev–Trinajstić information content (AvgIpc) is 3.40. The lowest BCUT2D eigenvalue weighted by atomic mass is 10.2. The van der Waals surface area contributed by atoms with Gasteiger partial charge in [0.25, 0.3) is 0 Å². The fourth-order valence-electron chi connectivity index (χ4n) is 3.09. The second-order valence-electron chi connectivity index (χ2n) is 6.61. The lowest BCUT2D eigenvalue weighted by Crippen LogP contribution is -2.50. The molecule has 0 radical (unpaired) electrons. The summed E-state index contributed by atoms with van der Waals surface area (Å²) in [6.45, 7) is 5.10. The Morgan fingerprint density at radius 2 is 1.74 bits per heavy atom. The number of nitrogens with zero attached hydrogens (tertiary/aromatic N) is 2. The molecule has 2 fully saturated rings. The minimum absolute atomic E-state index is 0.250. The number of benzene rings is 1. The normalized spacial score (nSPS) is 22.2. The summed E-state index contributed by atoms with van der Waals surface area (Å²) in [4.78, 5) is 2.55. The summed E-state index contributed by atoms with van der Waals surface area (Å²) in [6, 6.07) is 7.18. The molecule has 0 amide bonds. The smallest absolute Gasteiger partial charge is 0.243 e. The molecule has 0 spiro atoms. The minimum Gasteiger partial charge on any atom is -0.392 e. The number of hydrogen-bond acceptors (Lipinski definition) is 4. The van der Waals surface area contributed by atoms with Crippen LogP contribution in [0.2, 0.25) is 0 Å². The van der Waals surface area contributed by atoms with E-state index in [1.54, 1.807) is 16.4 Å². The third-order valence-corrected chi connectivity index (χ3v) is 6.82. The summed E-state index contributed by atoms with van der Waals surface area (Å²) in [5.41, 5.74) is 1.14. The van der Waals surface area contributed by atoms with Crippen molar-refractivity contribution in [1.82, 2.24) is 9.21 Å². The zero-order valence-electron chi connectivity index (χ0n) is 13.7. The zero-order chi connectivity index (χ0) is 16.4. The maximum atomic E-state index is 12.7. The van der Waals surface area contributed by atoms with Crippen LogP contribution in [-0.2, 0) is 16.4 Å². The van der Waals surface area contributed by atoms with E-state index >= 15 is 0 Å². The van der Waals surface area contributed by atoms with E-state index in [0.29, 0.717) is 43.5 Å². The molecule has 0 unspecified atom stereocenters. The van der Waals surface area contributed by atoms with E-state index in [1.165, 1.54) is 0 Å². The Morgan fingerprint density at radius 3 is 2.26 bits per heavy atom. The first kappa shape index (κ1) is 16.9. The first-order chi connectivity index (χ1) is 11.0. The fourth-order valence-corrected chi connectivity index (χ4v) is 4.52. The number of β-amino-alcohol motifs (C(OH)–C–C–N with tert-alkyl or cyclic N) is 1. The quantitative estimate of drug-likeness (QED) is 0.850. The number of aliphatic hydroxyl groups excluding tert-OH is 1. The highest BCUT2D eigenvalue weighted by Crippen LogP contribution is 2.33. The summed E-state index contributed by atoms with van der Waals surface area (Å²) >= 11 is 0. The lowest BCUT2D eigenvalue weighted by molar-refractivity contribution is 0.0782. The Morgan fingerprint density at radius 1 is 1.13 bits per heavy atom. The van der Waals surface area contributed by atoms with Gasteiger partial charge in [-0.3, -0.25) is 4.90 Å². The van der Waals surface area contributed by atoms with Gasteiger partial charge in [-0.2, -0.15) is 4.31 Å². The van der Waals surface area contributed by atoms with Gasteiger partial charge in [0.05, 0.1) is 11.0 Å². The van der Waals surface area contributed by atoms with Crippen molar-refractivity contribution in [2.75, 3.05) is 32.7 Å². The molecule has 3 rings (SSSR count). The van der Waals surface area contributed by atoms with Crippen LogP contribution in [0.5, 0.6) is 0 Å². The zero-order valence-corrected chi connectivity index (χ0v) is 14.5. The largest absolute Gasteiger partial charge is 0.392 e. The minimum atomic E-state index is -3.40. The van der Waals surface area contributed by atoms with Gasteiger partial charge < -0.3 is 5.11 Å². The first-order valence-corrected chi connectivity index (χ1v) is 9.94. The first-order valence-electron chi connectivity index (χ1n) is 8.50. The summed E-state index contributed by atoms with van der Waals surface area (Å²) < 4.78 is 26.9. The predicted octanol–water partition coefficient (Wildman–Crippen LogP) is 1.33. The molecule has 1 aliphatic heterocycles. The second-order valence-corrected chi connectivity index (χ2v) is 8.54. The highest BCUT2D eigenvalue weighted by Gasteiger charge is 2.33. The fraction of sp³-hybridized carbons (Fsp3) is 0.647. The van der Waals surface area contributed by atoms with Crippen LogP contribution in [0.4, 0.5) is 0 Å². The molecule has 1 aliphatic carbocycles. The van der Waals surface area contributed by atoms with Gasteiger partial charge in [-0.15, -0.1) is 0 Å². The maximum Gasteiger partial charge on any atom is 0.243 e. The van der Waals surface area contributed by atoms with Gasteiger partial charge in [-0.05, 0) is 42.9 Å². The molecule has 0 bridgehead atoms. The van der Waals surface area contributed by atoms with Gasteiger partial charge in [0, 0.05) is 32.7 Å². The monoisotopic (exact) mass is 338 g/mol. The Kier molecular flexibility index (Phi) is 5.06. The number of aryl methyl sites for hydroxylation is 1. The van der Waals surface area contributed by atoms with Gasteiger partial charge in [0.2, 0.25) is 10.0 Å². The van der Waals surface area contributed by atoms with E-state index in [-0.39, 0.29) is 6.10 Å². The molecule has 1 atom stereocenters. The summed E-state index contributed by atoms with van der Waals surface area (Å²) in [6.07, 6.45) is 2.91. The van der Waals surface area contributed by atoms with Crippen LogP contribution >= 0.6 is 0 Å². The molecule has 1 N–H and O–H groups in total. The summed E-state index contributed by atoms with van der Waals surface area (Å²) in [5, 5.41) is 10.0. The molecule has 1 saturated heterocycles. The topological polar surface area (TPSA) is 60.9 Å². The van der Waals surface area contributed by atoms with Crippen LogP contribution in [0.25, 0.3) is 0 Å². The van der Waals surface area contributed by atoms with E-state index in [0.717, 1.165) is 24.8 Å².